The highest BCUT2D eigenvalue weighted by Crippen LogP contribution is 2.27. The van der Waals surface area contributed by atoms with Gasteiger partial charge in [-0.1, -0.05) is 13.3 Å². The van der Waals surface area contributed by atoms with Crippen molar-refractivity contribution in [2.24, 2.45) is 0 Å². The summed E-state index contributed by atoms with van der Waals surface area (Å²) in [5, 5.41) is 9.15. The fraction of sp³-hybridized carbons (Fsp3) is 0.667. The Labute approximate surface area is 121 Å². The number of anilines is 1. The molecule has 5 heteroatoms. The predicted octanol–water partition coefficient (Wildman–Crippen LogP) is 2.94. The minimum Gasteiger partial charge on any atom is -0.477 e. The van der Waals surface area contributed by atoms with Crippen LogP contribution in [0, 0.1) is 11.3 Å². The molecule has 0 atom stereocenters. The van der Waals surface area contributed by atoms with Gasteiger partial charge in [-0.2, -0.15) is 5.26 Å². The summed E-state index contributed by atoms with van der Waals surface area (Å²) in [6, 6.07) is 3.83. The lowest BCUT2D eigenvalue weighted by Crippen LogP contribution is -2.25. The number of methoxy groups -OCH3 is 1. The van der Waals surface area contributed by atoms with Crippen LogP contribution in [0.15, 0.2) is 6.07 Å². The molecule has 1 aromatic rings. The first-order valence-electron chi connectivity index (χ1n) is 7.02. The van der Waals surface area contributed by atoms with Gasteiger partial charge in [0.15, 0.2) is 0 Å². The predicted molar refractivity (Wildman–Crippen MR) is 79.7 cm³/mol. The molecule has 0 bridgehead atoms. The Kier molecular flexibility index (Phi) is 5.90. The number of nitrogens with zero attached hydrogens (tertiary/aromatic N) is 2. The van der Waals surface area contributed by atoms with Crippen molar-refractivity contribution in [3.63, 3.8) is 0 Å². The Morgan fingerprint density at radius 3 is 2.70 bits per heavy atom. The van der Waals surface area contributed by atoms with Crippen molar-refractivity contribution < 1.29 is 9.47 Å². The Bertz CT molecular complexity index is 472. The Balaban J connectivity index is 2.78. The molecule has 112 valence electrons. The Morgan fingerprint density at radius 1 is 1.45 bits per heavy atom. The van der Waals surface area contributed by atoms with E-state index in [1.54, 1.807) is 13.2 Å². The van der Waals surface area contributed by atoms with E-state index in [0.29, 0.717) is 23.9 Å². The molecular formula is C15H25N3O2. The number of hydrogen-bond donors (Lipinski definition) is 1. The molecule has 0 aromatic carbocycles. The number of nitrogens with two attached hydrogens (primary N) is 1. The molecule has 5 nitrogen and oxygen atoms in total. The zero-order chi connectivity index (χ0) is 15.2. The third kappa shape index (κ3) is 4.17. The first-order chi connectivity index (χ1) is 9.45. The number of rotatable bonds is 8. The fourth-order valence-corrected chi connectivity index (χ4v) is 1.84. The van der Waals surface area contributed by atoms with Crippen LogP contribution in [0.1, 0.15) is 45.7 Å². The lowest BCUT2D eigenvalue weighted by Gasteiger charge is -2.23. The molecular weight excluding hydrogens is 254 g/mol. The van der Waals surface area contributed by atoms with Crippen molar-refractivity contribution in [1.82, 2.24) is 4.57 Å². The smallest absolute Gasteiger partial charge is 0.218 e. The summed E-state index contributed by atoms with van der Waals surface area (Å²) in [6.45, 7) is 7.39. The van der Waals surface area contributed by atoms with Crippen LogP contribution in [0.25, 0.3) is 0 Å². The zero-order valence-corrected chi connectivity index (χ0v) is 12.9. The molecule has 0 amide bonds. The molecule has 1 aromatic heterocycles. The summed E-state index contributed by atoms with van der Waals surface area (Å²) in [6.07, 6.45) is 2.80. The number of unbranched alkanes of at least 4 members (excludes halogenated alkanes) is 1. The van der Waals surface area contributed by atoms with Gasteiger partial charge in [-0.15, -0.1) is 0 Å². The molecule has 0 unspecified atom stereocenters. The van der Waals surface area contributed by atoms with Crippen molar-refractivity contribution >= 4 is 5.69 Å². The van der Waals surface area contributed by atoms with Crippen molar-refractivity contribution in [2.75, 3.05) is 19.5 Å². The monoisotopic (exact) mass is 279 g/mol. The topological polar surface area (TPSA) is 73.2 Å². The summed E-state index contributed by atoms with van der Waals surface area (Å²) >= 11 is 0. The van der Waals surface area contributed by atoms with Gasteiger partial charge in [0.05, 0.1) is 17.9 Å². The molecule has 0 radical (unpaired) electrons. The molecule has 0 aliphatic rings. The van der Waals surface area contributed by atoms with Gasteiger partial charge < -0.3 is 19.8 Å². The molecule has 0 spiro atoms. The molecule has 1 rings (SSSR count). The summed E-state index contributed by atoms with van der Waals surface area (Å²) in [7, 11) is 1.69. The summed E-state index contributed by atoms with van der Waals surface area (Å²) < 4.78 is 13.0. The van der Waals surface area contributed by atoms with Gasteiger partial charge in [-0.3, -0.25) is 0 Å². The fourth-order valence-electron chi connectivity index (χ4n) is 1.84. The van der Waals surface area contributed by atoms with Crippen molar-refractivity contribution in [2.45, 2.75) is 52.2 Å². The standard InChI is InChI=1S/C15H25N3O2/c1-5-6-8-18-12(11-16)10-13(17)14(18)20-9-7-15(2,3)19-4/h10H,5-9,17H2,1-4H3. The van der Waals surface area contributed by atoms with E-state index in [1.165, 1.54) is 0 Å². The summed E-state index contributed by atoms with van der Waals surface area (Å²) in [5.74, 6) is 0.599. The van der Waals surface area contributed by atoms with Crippen molar-refractivity contribution in [3.05, 3.63) is 11.8 Å². The minimum atomic E-state index is -0.229. The van der Waals surface area contributed by atoms with Gasteiger partial charge in [-0.25, -0.2) is 0 Å². The van der Waals surface area contributed by atoms with Gasteiger partial charge in [0, 0.05) is 26.1 Å². The maximum atomic E-state index is 9.15. The van der Waals surface area contributed by atoms with E-state index >= 15 is 0 Å². The van der Waals surface area contributed by atoms with Crippen LogP contribution in [0.3, 0.4) is 0 Å². The lowest BCUT2D eigenvalue weighted by molar-refractivity contribution is 0.00482. The van der Waals surface area contributed by atoms with Crippen LogP contribution in [0.2, 0.25) is 0 Å². The second-order valence-corrected chi connectivity index (χ2v) is 5.47. The molecule has 0 saturated carbocycles. The van der Waals surface area contributed by atoms with Crippen LogP contribution >= 0.6 is 0 Å². The van der Waals surface area contributed by atoms with E-state index in [1.807, 2.05) is 18.4 Å². The second-order valence-electron chi connectivity index (χ2n) is 5.47. The van der Waals surface area contributed by atoms with E-state index < -0.39 is 0 Å². The average molecular weight is 279 g/mol. The van der Waals surface area contributed by atoms with Crippen molar-refractivity contribution in [1.29, 1.82) is 5.26 Å². The first kappa shape index (κ1) is 16.4. The molecule has 1 heterocycles. The minimum absolute atomic E-state index is 0.229. The zero-order valence-electron chi connectivity index (χ0n) is 12.9. The van der Waals surface area contributed by atoms with E-state index in [0.717, 1.165) is 25.8 Å². The third-order valence-electron chi connectivity index (χ3n) is 3.42. The van der Waals surface area contributed by atoms with Crippen LogP contribution in [0.5, 0.6) is 5.88 Å². The first-order valence-corrected chi connectivity index (χ1v) is 7.02. The molecule has 0 aliphatic heterocycles. The molecule has 20 heavy (non-hydrogen) atoms. The van der Waals surface area contributed by atoms with Gasteiger partial charge >= 0.3 is 0 Å². The van der Waals surface area contributed by atoms with Crippen LogP contribution in [0.4, 0.5) is 5.69 Å². The average Bonchev–Trinajstić information content (AvgIpc) is 2.72. The Morgan fingerprint density at radius 2 is 2.15 bits per heavy atom. The van der Waals surface area contributed by atoms with Crippen LogP contribution < -0.4 is 10.5 Å². The van der Waals surface area contributed by atoms with Gasteiger partial charge in [-0.05, 0) is 20.3 Å². The molecule has 0 aliphatic carbocycles. The number of nitriles is 1. The highest BCUT2D eigenvalue weighted by Gasteiger charge is 2.18. The summed E-state index contributed by atoms with van der Waals surface area (Å²) in [5.41, 5.74) is 6.79. The van der Waals surface area contributed by atoms with Gasteiger partial charge in [0.2, 0.25) is 5.88 Å². The van der Waals surface area contributed by atoms with Crippen molar-refractivity contribution in [3.8, 4) is 11.9 Å². The maximum Gasteiger partial charge on any atom is 0.218 e. The summed E-state index contributed by atoms with van der Waals surface area (Å²) in [4.78, 5) is 0. The van der Waals surface area contributed by atoms with Crippen LogP contribution in [-0.4, -0.2) is 23.9 Å². The highest BCUT2D eigenvalue weighted by molar-refractivity contribution is 5.55. The van der Waals surface area contributed by atoms with Crippen LogP contribution in [-0.2, 0) is 11.3 Å². The molecule has 2 N–H and O–H groups in total. The van der Waals surface area contributed by atoms with Gasteiger partial charge in [0.1, 0.15) is 11.8 Å². The quantitative estimate of drug-likeness (QED) is 0.794. The van der Waals surface area contributed by atoms with Gasteiger partial charge in [0.25, 0.3) is 0 Å². The highest BCUT2D eigenvalue weighted by atomic mass is 16.5. The normalized spacial score (nSPS) is 11.3. The number of nitrogen functional groups attached to an aromatic ring is 1. The number of aromatic nitrogens is 1. The second kappa shape index (κ2) is 7.20. The Hall–Kier alpha value is -1.67. The lowest BCUT2D eigenvalue weighted by atomic mass is 10.1. The number of hydrogen-bond acceptors (Lipinski definition) is 4. The molecule has 0 saturated heterocycles. The third-order valence-corrected chi connectivity index (χ3v) is 3.42. The largest absolute Gasteiger partial charge is 0.477 e. The number of ether oxygens (including phenoxy) is 2. The van der Waals surface area contributed by atoms with E-state index in [4.69, 9.17) is 20.5 Å². The maximum absolute atomic E-state index is 9.15. The van der Waals surface area contributed by atoms with E-state index in [-0.39, 0.29) is 5.60 Å². The SMILES string of the molecule is CCCCn1c(C#N)cc(N)c1OCCC(C)(C)OC. The van der Waals surface area contributed by atoms with E-state index in [9.17, 15) is 0 Å². The molecule has 0 fully saturated rings. The van der Waals surface area contributed by atoms with E-state index in [2.05, 4.69) is 13.0 Å².